The van der Waals surface area contributed by atoms with Gasteiger partial charge in [-0.25, -0.2) is 0 Å². The summed E-state index contributed by atoms with van der Waals surface area (Å²) >= 11 is 0. The molecule has 0 atom stereocenters. The molecule has 68 heavy (non-hydrogen) atoms. The van der Waals surface area contributed by atoms with Crippen LogP contribution in [-0.2, 0) is 5.41 Å². The van der Waals surface area contributed by atoms with Gasteiger partial charge in [-0.05, 0) is 149 Å². The molecule has 2 aliphatic heterocycles. The number of fused-ring (bicyclic) bond motifs is 4. The molecule has 12 rings (SSSR count). The van der Waals surface area contributed by atoms with Crippen molar-refractivity contribution in [1.29, 1.82) is 0 Å². The van der Waals surface area contributed by atoms with Gasteiger partial charge in [-0.15, -0.1) is 0 Å². The smallest absolute Gasteiger partial charge is 0.252 e. The second-order valence-corrected chi connectivity index (χ2v) is 18.4. The Morgan fingerprint density at radius 1 is 0.324 bits per heavy atom. The number of para-hydroxylation sites is 3. The number of aryl methyl sites for hydroxylation is 3. The van der Waals surface area contributed by atoms with Gasteiger partial charge in [-0.2, -0.15) is 0 Å². The van der Waals surface area contributed by atoms with Gasteiger partial charge in [0, 0.05) is 45.5 Å². The fourth-order valence-corrected chi connectivity index (χ4v) is 11.3. The minimum absolute atomic E-state index is 0.00215. The van der Waals surface area contributed by atoms with Crippen molar-refractivity contribution < 1.29 is 0 Å². The molecule has 0 unspecified atom stereocenters. The van der Waals surface area contributed by atoms with Crippen molar-refractivity contribution in [3.63, 3.8) is 0 Å². The highest BCUT2D eigenvalue weighted by atomic mass is 15.2. The first-order chi connectivity index (χ1) is 33.5. The minimum Gasteiger partial charge on any atom is -0.311 e. The van der Waals surface area contributed by atoms with Gasteiger partial charge in [0.05, 0.1) is 11.1 Å². The summed E-state index contributed by atoms with van der Waals surface area (Å²) in [6.45, 7) is 6.64. The average molecular weight is 872 g/mol. The third-order valence-electron chi connectivity index (χ3n) is 14.0. The molecule has 10 aromatic carbocycles. The Morgan fingerprint density at radius 3 is 1.29 bits per heavy atom. The highest BCUT2D eigenvalue weighted by molar-refractivity contribution is 7.00. The molecular formula is C64H50BN3. The summed E-state index contributed by atoms with van der Waals surface area (Å²) in [6.07, 6.45) is 0. The van der Waals surface area contributed by atoms with Crippen LogP contribution >= 0.6 is 0 Å². The molecule has 2 heterocycles. The number of benzene rings is 10. The van der Waals surface area contributed by atoms with Gasteiger partial charge < -0.3 is 14.7 Å². The topological polar surface area (TPSA) is 9.72 Å². The molecule has 324 valence electrons. The minimum atomic E-state index is -0.563. The van der Waals surface area contributed by atoms with E-state index in [2.05, 4.69) is 284 Å². The van der Waals surface area contributed by atoms with Crippen LogP contribution in [0.3, 0.4) is 0 Å². The molecule has 0 bridgehead atoms. The van der Waals surface area contributed by atoms with E-state index in [4.69, 9.17) is 0 Å². The van der Waals surface area contributed by atoms with Gasteiger partial charge in [-0.1, -0.05) is 176 Å². The predicted octanol–water partition coefficient (Wildman–Crippen LogP) is 14.5. The van der Waals surface area contributed by atoms with E-state index >= 15 is 0 Å². The van der Waals surface area contributed by atoms with E-state index in [1.54, 1.807) is 0 Å². The summed E-state index contributed by atoms with van der Waals surface area (Å²) in [6, 6.07) is 92.0. The quantitative estimate of drug-likeness (QED) is 0.106. The molecule has 0 saturated carbocycles. The van der Waals surface area contributed by atoms with Crippen molar-refractivity contribution in [3.8, 4) is 0 Å². The Morgan fingerprint density at radius 2 is 0.765 bits per heavy atom. The van der Waals surface area contributed by atoms with E-state index in [-0.39, 0.29) is 6.71 Å². The monoisotopic (exact) mass is 871 g/mol. The molecule has 0 radical (unpaired) electrons. The third-order valence-corrected chi connectivity index (χ3v) is 14.0. The number of anilines is 9. The molecule has 0 aromatic heterocycles. The first-order valence-electron chi connectivity index (χ1n) is 23.7. The SMILES string of the molecule is Cc1cc(C)cc(N2c3cc(C)ccc3B3c4ccccc4N(c4ccc(C(c5ccccc5)(c5ccccc5)c5ccccc5)cc4)c4cc(N(c5ccccc5)c5ccccc5)cc2c43)c1. The Labute approximate surface area is 400 Å². The first-order valence-corrected chi connectivity index (χ1v) is 23.7. The van der Waals surface area contributed by atoms with Crippen molar-refractivity contribution in [2.24, 2.45) is 0 Å². The second-order valence-electron chi connectivity index (χ2n) is 18.4. The Bertz CT molecular complexity index is 3270. The van der Waals surface area contributed by atoms with E-state index in [9.17, 15) is 0 Å². The molecule has 0 aliphatic carbocycles. The van der Waals surface area contributed by atoms with E-state index in [0.29, 0.717) is 0 Å². The van der Waals surface area contributed by atoms with Crippen LogP contribution in [0.5, 0.6) is 0 Å². The van der Waals surface area contributed by atoms with Gasteiger partial charge >= 0.3 is 0 Å². The van der Waals surface area contributed by atoms with Crippen molar-refractivity contribution in [3.05, 3.63) is 288 Å². The van der Waals surface area contributed by atoms with Gasteiger partial charge in [0.15, 0.2) is 0 Å². The zero-order valence-electron chi connectivity index (χ0n) is 38.6. The van der Waals surface area contributed by atoms with Gasteiger partial charge in [0.2, 0.25) is 0 Å². The normalized spacial score (nSPS) is 12.5. The highest BCUT2D eigenvalue weighted by Crippen LogP contribution is 2.50. The zero-order chi connectivity index (χ0) is 45.8. The van der Waals surface area contributed by atoms with Crippen molar-refractivity contribution >= 4 is 74.3 Å². The number of nitrogens with zero attached hydrogens (tertiary/aromatic N) is 3. The maximum Gasteiger partial charge on any atom is 0.252 e. The molecule has 0 N–H and O–H groups in total. The number of rotatable bonds is 9. The third kappa shape index (κ3) is 6.75. The summed E-state index contributed by atoms with van der Waals surface area (Å²) in [4.78, 5) is 7.48. The first kappa shape index (κ1) is 41.1. The molecular weight excluding hydrogens is 822 g/mol. The molecule has 3 nitrogen and oxygen atoms in total. The number of hydrogen-bond acceptors (Lipinski definition) is 3. The molecule has 0 fully saturated rings. The highest BCUT2D eigenvalue weighted by Gasteiger charge is 2.44. The number of hydrogen-bond donors (Lipinski definition) is 0. The zero-order valence-corrected chi connectivity index (χ0v) is 38.6. The Balaban J connectivity index is 1.15. The maximum absolute atomic E-state index is 2.54. The summed E-state index contributed by atoms with van der Waals surface area (Å²) < 4.78 is 0. The van der Waals surface area contributed by atoms with Crippen LogP contribution in [0.25, 0.3) is 0 Å². The van der Waals surface area contributed by atoms with E-state index in [1.807, 2.05) is 0 Å². The summed E-state index contributed by atoms with van der Waals surface area (Å²) in [5, 5.41) is 0. The summed E-state index contributed by atoms with van der Waals surface area (Å²) in [5.41, 5.74) is 22.2. The van der Waals surface area contributed by atoms with Crippen LogP contribution in [0, 0.1) is 20.8 Å². The van der Waals surface area contributed by atoms with Crippen LogP contribution in [0.2, 0.25) is 0 Å². The molecule has 0 spiro atoms. The predicted molar refractivity (Wildman–Crippen MR) is 288 cm³/mol. The van der Waals surface area contributed by atoms with Crippen LogP contribution < -0.4 is 31.1 Å². The van der Waals surface area contributed by atoms with Crippen molar-refractivity contribution in [2.75, 3.05) is 14.7 Å². The summed E-state index contributed by atoms with van der Waals surface area (Å²) in [7, 11) is 0. The molecule has 0 amide bonds. The van der Waals surface area contributed by atoms with Crippen molar-refractivity contribution in [2.45, 2.75) is 26.2 Å². The lowest BCUT2D eigenvalue weighted by molar-refractivity contribution is 0.745. The molecule has 0 saturated heterocycles. The van der Waals surface area contributed by atoms with Crippen LogP contribution in [0.1, 0.15) is 38.9 Å². The van der Waals surface area contributed by atoms with Crippen LogP contribution in [0.4, 0.5) is 51.2 Å². The largest absolute Gasteiger partial charge is 0.311 e. The Kier molecular flexibility index (Phi) is 10.2. The van der Waals surface area contributed by atoms with Gasteiger partial charge in [-0.3, -0.25) is 0 Å². The van der Waals surface area contributed by atoms with Gasteiger partial charge in [0.25, 0.3) is 6.71 Å². The Hall–Kier alpha value is -8.34. The lowest BCUT2D eigenvalue weighted by atomic mass is 9.33. The van der Waals surface area contributed by atoms with Crippen LogP contribution in [-0.4, -0.2) is 6.71 Å². The molecule has 10 aromatic rings. The lowest BCUT2D eigenvalue weighted by Gasteiger charge is -2.45. The standard InChI is InChI=1S/C64H50BN3/c1-45-33-38-58-60(42-45)68(55-40-46(2)39-47(3)41-55)62-44-56(66(52-27-15-7-16-28-52)53-29-17-8-18-30-53)43-61-63(62)65(58)57-31-19-20-32-59(57)67(61)54-36-34-51(35-37-54)64(48-21-9-4-10-22-48,49-23-11-5-12-24-49)50-25-13-6-14-26-50/h4-44H,1-3H3. The van der Waals surface area contributed by atoms with Gasteiger partial charge in [0.1, 0.15) is 0 Å². The van der Waals surface area contributed by atoms with E-state index < -0.39 is 5.41 Å². The average Bonchev–Trinajstić information content (AvgIpc) is 3.38. The fraction of sp³-hybridized carbons (Fsp3) is 0.0625. The van der Waals surface area contributed by atoms with Crippen LogP contribution in [0.15, 0.2) is 249 Å². The van der Waals surface area contributed by atoms with Crippen molar-refractivity contribution in [1.82, 2.24) is 0 Å². The van der Waals surface area contributed by atoms with E-state index in [0.717, 1.165) is 34.1 Å². The molecule has 4 heteroatoms. The lowest BCUT2D eigenvalue weighted by Crippen LogP contribution is -2.61. The van der Waals surface area contributed by atoms with E-state index in [1.165, 1.54) is 72.4 Å². The summed E-state index contributed by atoms with van der Waals surface area (Å²) in [5.74, 6) is 0. The second kappa shape index (κ2) is 16.8. The fourth-order valence-electron chi connectivity index (χ4n) is 11.3. The maximum atomic E-state index is 2.54. The molecule has 2 aliphatic rings.